The first-order valence-electron chi connectivity index (χ1n) is 8.70. The number of nitrogens with zero attached hydrogens (tertiary/aromatic N) is 2. The number of aliphatic hydroxyl groups is 1. The number of carbonyl (C=O) groups is 1. The highest BCUT2D eigenvalue weighted by Gasteiger charge is 2.39. The molecule has 1 saturated carbocycles. The van der Waals surface area contributed by atoms with E-state index >= 15 is 0 Å². The number of thiazole rings is 1. The summed E-state index contributed by atoms with van der Waals surface area (Å²) in [5, 5.41) is 17.9. The average Bonchev–Trinajstić information content (AvgIpc) is 3.02. The Morgan fingerprint density at radius 3 is 2.78 bits per heavy atom. The molecule has 2 aromatic heterocycles. The lowest BCUT2D eigenvalue weighted by Gasteiger charge is -2.37. The molecular formula is C19H19ClN4O2S. The second kappa shape index (κ2) is 7.07. The summed E-state index contributed by atoms with van der Waals surface area (Å²) in [4.78, 5) is 21.0. The fraction of sp³-hybridized carbons (Fsp3) is 0.316. The van der Waals surface area contributed by atoms with E-state index in [1.807, 2.05) is 24.3 Å². The predicted octanol–water partition coefficient (Wildman–Crippen LogP) is 3.31. The Kier molecular flexibility index (Phi) is 4.75. The van der Waals surface area contributed by atoms with Gasteiger partial charge in [0.1, 0.15) is 5.15 Å². The van der Waals surface area contributed by atoms with E-state index in [4.69, 9.17) is 11.6 Å². The summed E-state index contributed by atoms with van der Waals surface area (Å²) < 4.78 is 1.15. The van der Waals surface area contributed by atoms with E-state index in [1.54, 1.807) is 23.5 Å². The van der Waals surface area contributed by atoms with Crippen molar-refractivity contribution >= 4 is 44.2 Å². The molecule has 0 radical (unpaired) electrons. The van der Waals surface area contributed by atoms with Gasteiger partial charge in [-0.2, -0.15) is 0 Å². The lowest BCUT2D eigenvalue weighted by atomic mass is 9.85. The van der Waals surface area contributed by atoms with E-state index in [1.165, 1.54) is 13.1 Å². The highest BCUT2D eigenvalue weighted by atomic mass is 35.5. The second-order valence-electron chi connectivity index (χ2n) is 6.88. The van der Waals surface area contributed by atoms with Crippen LogP contribution in [0.25, 0.3) is 10.2 Å². The van der Waals surface area contributed by atoms with Crippen LogP contribution in [-0.2, 0) is 10.4 Å². The van der Waals surface area contributed by atoms with Crippen molar-refractivity contribution in [3.05, 3.63) is 53.3 Å². The summed E-state index contributed by atoms with van der Waals surface area (Å²) in [7, 11) is 0. The van der Waals surface area contributed by atoms with E-state index in [0.29, 0.717) is 5.56 Å². The minimum Gasteiger partial charge on any atom is -0.375 e. The minimum absolute atomic E-state index is 0.00583. The van der Waals surface area contributed by atoms with E-state index in [9.17, 15) is 9.90 Å². The summed E-state index contributed by atoms with van der Waals surface area (Å²) >= 11 is 7.64. The third-order valence-corrected chi connectivity index (χ3v) is 6.09. The number of fused-ring (bicyclic) bond motifs is 1. The highest BCUT2D eigenvalue weighted by molar-refractivity contribution is 7.22. The largest absolute Gasteiger partial charge is 0.375 e. The number of amides is 1. The van der Waals surface area contributed by atoms with E-state index < -0.39 is 11.5 Å². The van der Waals surface area contributed by atoms with Crippen LogP contribution in [0.5, 0.6) is 0 Å². The Labute approximate surface area is 165 Å². The minimum atomic E-state index is -1.73. The first-order chi connectivity index (χ1) is 12.9. The maximum absolute atomic E-state index is 12.5. The number of aromatic nitrogens is 2. The van der Waals surface area contributed by atoms with Crippen molar-refractivity contribution in [1.82, 2.24) is 15.3 Å². The number of hydrogen-bond acceptors (Lipinski definition) is 6. The van der Waals surface area contributed by atoms with Crippen molar-refractivity contribution in [1.29, 1.82) is 0 Å². The molecule has 27 heavy (non-hydrogen) atoms. The molecule has 1 aromatic carbocycles. The van der Waals surface area contributed by atoms with Gasteiger partial charge in [0.05, 0.1) is 10.2 Å². The van der Waals surface area contributed by atoms with Crippen LogP contribution in [0.1, 0.15) is 25.3 Å². The second-order valence-corrected chi connectivity index (χ2v) is 8.27. The fourth-order valence-corrected chi connectivity index (χ4v) is 4.41. The maximum atomic E-state index is 12.5. The molecule has 0 spiro atoms. The molecule has 1 unspecified atom stereocenters. The molecule has 2 heterocycles. The SMILES string of the molecule is CC(O)(C(=O)NC1CC(Nc2nc3ccccc3s2)C1)c1cccnc1Cl. The molecule has 3 N–H and O–H groups in total. The van der Waals surface area contributed by atoms with E-state index in [-0.39, 0.29) is 17.2 Å². The monoisotopic (exact) mass is 402 g/mol. The number of pyridine rings is 1. The molecule has 6 nitrogen and oxygen atoms in total. The molecule has 0 saturated heterocycles. The number of carbonyl (C=O) groups excluding carboxylic acids is 1. The fourth-order valence-electron chi connectivity index (χ4n) is 3.16. The van der Waals surface area contributed by atoms with Crippen molar-refractivity contribution in [2.75, 3.05) is 5.32 Å². The summed E-state index contributed by atoms with van der Waals surface area (Å²) in [6.07, 6.45) is 3.07. The number of para-hydroxylation sites is 1. The zero-order valence-electron chi connectivity index (χ0n) is 14.6. The third-order valence-electron chi connectivity index (χ3n) is 4.82. The van der Waals surface area contributed by atoms with Gasteiger partial charge in [0.15, 0.2) is 10.7 Å². The van der Waals surface area contributed by atoms with Crippen LogP contribution in [0, 0.1) is 0 Å². The Morgan fingerprint density at radius 1 is 1.26 bits per heavy atom. The molecular weight excluding hydrogens is 384 g/mol. The summed E-state index contributed by atoms with van der Waals surface area (Å²) in [6.45, 7) is 1.43. The molecule has 0 bridgehead atoms. The molecule has 1 atom stereocenters. The molecule has 1 aliphatic carbocycles. The van der Waals surface area contributed by atoms with Gasteiger partial charge in [0, 0.05) is 23.8 Å². The molecule has 1 aliphatic rings. The van der Waals surface area contributed by atoms with Gasteiger partial charge < -0.3 is 15.7 Å². The normalized spacial score (nSPS) is 21.3. The van der Waals surface area contributed by atoms with Crippen LogP contribution in [-0.4, -0.2) is 33.1 Å². The van der Waals surface area contributed by atoms with Gasteiger partial charge in [-0.15, -0.1) is 0 Å². The molecule has 140 valence electrons. The standard InChI is InChI=1S/C19H19ClN4O2S/c1-19(26,13-5-4-8-21-16(13)20)17(25)22-11-9-12(10-11)23-18-24-14-6-2-3-7-15(14)27-18/h2-8,11-12,26H,9-10H2,1H3,(H,22,25)(H,23,24). The molecule has 3 aromatic rings. The van der Waals surface area contributed by atoms with Gasteiger partial charge in [0.25, 0.3) is 5.91 Å². The first kappa shape index (κ1) is 18.2. The average molecular weight is 403 g/mol. The van der Waals surface area contributed by atoms with Gasteiger partial charge in [-0.05, 0) is 38.0 Å². The van der Waals surface area contributed by atoms with Gasteiger partial charge in [-0.25, -0.2) is 9.97 Å². The van der Waals surface area contributed by atoms with Gasteiger partial charge in [-0.1, -0.05) is 41.1 Å². The zero-order chi connectivity index (χ0) is 19.0. The van der Waals surface area contributed by atoms with Crippen LogP contribution in [0.3, 0.4) is 0 Å². The number of rotatable bonds is 5. The number of benzene rings is 1. The van der Waals surface area contributed by atoms with Gasteiger partial charge in [0.2, 0.25) is 0 Å². The quantitative estimate of drug-likeness (QED) is 0.570. The number of anilines is 1. The van der Waals surface area contributed by atoms with Crippen molar-refractivity contribution < 1.29 is 9.90 Å². The summed E-state index contributed by atoms with van der Waals surface area (Å²) in [6, 6.07) is 11.5. The van der Waals surface area contributed by atoms with Crippen LogP contribution < -0.4 is 10.6 Å². The van der Waals surface area contributed by atoms with Crippen LogP contribution >= 0.6 is 22.9 Å². The Hall–Kier alpha value is -2.22. The van der Waals surface area contributed by atoms with Gasteiger partial charge >= 0.3 is 0 Å². The summed E-state index contributed by atoms with van der Waals surface area (Å²) in [5.41, 5.74) is -0.442. The van der Waals surface area contributed by atoms with Crippen molar-refractivity contribution in [2.45, 2.75) is 37.5 Å². The van der Waals surface area contributed by atoms with Crippen LogP contribution in [0.2, 0.25) is 5.15 Å². The lowest BCUT2D eigenvalue weighted by molar-refractivity contribution is -0.140. The Morgan fingerprint density at radius 2 is 2.04 bits per heavy atom. The van der Waals surface area contributed by atoms with Crippen molar-refractivity contribution in [3.63, 3.8) is 0 Å². The Balaban J connectivity index is 1.33. The molecule has 1 fully saturated rings. The van der Waals surface area contributed by atoms with Crippen molar-refractivity contribution in [3.8, 4) is 0 Å². The van der Waals surface area contributed by atoms with Crippen molar-refractivity contribution in [2.24, 2.45) is 0 Å². The van der Waals surface area contributed by atoms with E-state index in [0.717, 1.165) is 28.2 Å². The first-order valence-corrected chi connectivity index (χ1v) is 9.89. The lowest BCUT2D eigenvalue weighted by Crippen LogP contribution is -2.54. The predicted molar refractivity (Wildman–Crippen MR) is 107 cm³/mol. The third kappa shape index (κ3) is 3.63. The molecule has 1 amide bonds. The number of hydrogen-bond donors (Lipinski definition) is 3. The smallest absolute Gasteiger partial charge is 0.256 e. The molecule has 0 aliphatic heterocycles. The summed E-state index contributed by atoms with van der Waals surface area (Å²) in [5.74, 6) is -0.471. The number of halogens is 1. The molecule has 8 heteroatoms. The number of nitrogens with one attached hydrogen (secondary N) is 2. The van der Waals surface area contributed by atoms with Gasteiger partial charge in [-0.3, -0.25) is 4.79 Å². The molecule has 4 rings (SSSR count). The topological polar surface area (TPSA) is 87.1 Å². The van der Waals surface area contributed by atoms with Crippen LogP contribution in [0.15, 0.2) is 42.6 Å². The highest BCUT2D eigenvalue weighted by Crippen LogP contribution is 2.31. The zero-order valence-corrected chi connectivity index (χ0v) is 16.2. The van der Waals surface area contributed by atoms with E-state index in [2.05, 4.69) is 20.6 Å². The Bertz CT molecular complexity index is 952. The maximum Gasteiger partial charge on any atom is 0.256 e. The van der Waals surface area contributed by atoms with Crippen LogP contribution in [0.4, 0.5) is 5.13 Å².